The third-order valence-corrected chi connectivity index (χ3v) is 2.97. The number of hydrogen-bond donors (Lipinski definition) is 1. The number of aliphatic carboxylic acids is 1. The van der Waals surface area contributed by atoms with Crippen molar-refractivity contribution < 1.29 is 24.2 Å². The lowest BCUT2D eigenvalue weighted by molar-refractivity contribution is -0.137. The Balaban J connectivity index is 2.26. The van der Waals surface area contributed by atoms with Crippen molar-refractivity contribution in [2.75, 3.05) is 6.79 Å². The average Bonchev–Trinajstić information content (AvgIpc) is 2.77. The molecule has 2 rings (SSSR count). The number of ether oxygens (including phenoxy) is 2. The number of aldehydes is 1. The second kappa shape index (κ2) is 5.27. The Morgan fingerprint density at radius 1 is 1.44 bits per heavy atom. The first-order chi connectivity index (χ1) is 8.63. The third kappa shape index (κ3) is 2.41. The Morgan fingerprint density at radius 2 is 2.17 bits per heavy atom. The minimum Gasteiger partial charge on any atom is -0.481 e. The van der Waals surface area contributed by atoms with E-state index in [2.05, 4.69) is 0 Å². The predicted octanol–water partition coefficient (Wildman–Crippen LogP) is 2.29. The van der Waals surface area contributed by atoms with E-state index in [4.69, 9.17) is 26.2 Å². The lowest BCUT2D eigenvalue weighted by Crippen LogP contribution is -1.98. The molecule has 1 heterocycles. The number of aryl methyl sites for hydroxylation is 1. The molecule has 1 aliphatic rings. The fourth-order valence-electron chi connectivity index (χ4n) is 1.85. The number of carbonyl (C=O) groups is 2. The molecule has 0 amide bonds. The highest BCUT2D eigenvalue weighted by Crippen LogP contribution is 2.42. The highest BCUT2D eigenvalue weighted by molar-refractivity contribution is 6.33. The minimum atomic E-state index is -0.848. The van der Waals surface area contributed by atoms with Gasteiger partial charge in [-0.3, -0.25) is 9.59 Å². The lowest BCUT2D eigenvalue weighted by Gasteiger charge is -2.08. The fourth-order valence-corrected chi connectivity index (χ4v) is 2.11. The van der Waals surface area contributed by atoms with Crippen LogP contribution < -0.4 is 9.47 Å². The van der Waals surface area contributed by atoms with Gasteiger partial charge < -0.3 is 14.6 Å². The molecule has 0 saturated heterocycles. The van der Waals surface area contributed by atoms with Crippen LogP contribution in [-0.4, -0.2) is 24.2 Å². The number of benzene rings is 1. The van der Waals surface area contributed by atoms with E-state index in [1.165, 1.54) is 0 Å². The fraction of sp³-hybridized carbons (Fsp3) is 0.333. The smallest absolute Gasteiger partial charge is 0.303 e. The van der Waals surface area contributed by atoms with Crippen molar-refractivity contribution in [1.29, 1.82) is 0 Å². The first-order valence-electron chi connectivity index (χ1n) is 5.41. The molecule has 0 radical (unpaired) electrons. The van der Waals surface area contributed by atoms with Gasteiger partial charge in [0.1, 0.15) is 0 Å². The SMILES string of the molecule is O=Cc1c(Cl)cc(CCCC(=O)O)c2c1OCO2. The molecule has 0 spiro atoms. The van der Waals surface area contributed by atoms with Crippen LogP contribution >= 0.6 is 11.6 Å². The van der Waals surface area contributed by atoms with E-state index >= 15 is 0 Å². The van der Waals surface area contributed by atoms with Gasteiger partial charge in [-0.1, -0.05) is 11.6 Å². The normalized spacial score (nSPS) is 12.5. The Morgan fingerprint density at radius 3 is 2.83 bits per heavy atom. The Bertz CT molecular complexity index is 498. The van der Waals surface area contributed by atoms with Crippen LogP contribution in [0.25, 0.3) is 0 Å². The molecule has 1 aromatic rings. The highest BCUT2D eigenvalue weighted by Gasteiger charge is 2.24. The molecule has 0 fully saturated rings. The highest BCUT2D eigenvalue weighted by atomic mass is 35.5. The molecule has 96 valence electrons. The minimum absolute atomic E-state index is 0.0441. The van der Waals surface area contributed by atoms with Crippen LogP contribution in [0.4, 0.5) is 0 Å². The van der Waals surface area contributed by atoms with Crippen LogP contribution in [-0.2, 0) is 11.2 Å². The van der Waals surface area contributed by atoms with Gasteiger partial charge in [-0.05, 0) is 24.5 Å². The second-order valence-corrected chi connectivity index (χ2v) is 4.27. The van der Waals surface area contributed by atoms with Gasteiger partial charge in [0.15, 0.2) is 17.8 Å². The third-order valence-electron chi connectivity index (χ3n) is 2.66. The Kier molecular flexibility index (Phi) is 3.72. The summed E-state index contributed by atoms with van der Waals surface area (Å²) in [4.78, 5) is 21.4. The van der Waals surface area contributed by atoms with E-state index in [1.54, 1.807) is 6.07 Å². The van der Waals surface area contributed by atoms with Crippen LogP contribution in [0.15, 0.2) is 6.07 Å². The predicted molar refractivity (Wildman–Crippen MR) is 63.5 cm³/mol. The van der Waals surface area contributed by atoms with Gasteiger partial charge in [0.05, 0.1) is 10.6 Å². The number of rotatable bonds is 5. The van der Waals surface area contributed by atoms with Crippen LogP contribution in [0.3, 0.4) is 0 Å². The maximum absolute atomic E-state index is 10.9. The van der Waals surface area contributed by atoms with Crippen LogP contribution in [0.5, 0.6) is 11.5 Å². The number of carboxylic acid groups (broad SMARTS) is 1. The van der Waals surface area contributed by atoms with Gasteiger partial charge in [-0.2, -0.15) is 0 Å². The Hall–Kier alpha value is -1.75. The molecule has 1 aromatic carbocycles. The van der Waals surface area contributed by atoms with Gasteiger partial charge >= 0.3 is 5.97 Å². The van der Waals surface area contributed by atoms with E-state index in [-0.39, 0.29) is 18.8 Å². The van der Waals surface area contributed by atoms with Crippen LogP contribution in [0.2, 0.25) is 5.02 Å². The van der Waals surface area contributed by atoms with Gasteiger partial charge in [0, 0.05) is 6.42 Å². The summed E-state index contributed by atoms with van der Waals surface area (Å²) in [7, 11) is 0. The van der Waals surface area contributed by atoms with Crippen molar-refractivity contribution in [3.8, 4) is 11.5 Å². The molecule has 1 N–H and O–H groups in total. The van der Waals surface area contributed by atoms with Crippen molar-refractivity contribution in [2.24, 2.45) is 0 Å². The number of hydrogen-bond acceptors (Lipinski definition) is 4. The van der Waals surface area contributed by atoms with Crippen molar-refractivity contribution in [3.05, 3.63) is 22.2 Å². The van der Waals surface area contributed by atoms with E-state index in [1.807, 2.05) is 0 Å². The zero-order valence-electron chi connectivity index (χ0n) is 9.44. The summed E-state index contributed by atoms with van der Waals surface area (Å²) >= 11 is 5.97. The first kappa shape index (κ1) is 12.7. The quantitative estimate of drug-likeness (QED) is 0.831. The summed E-state index contributed by atoms with van der Waals surface area (Å²) in [6, 6.07) is 1.63. The van der Waals surface area contributed by atoms with Gasteiger partial charge in [-0.15, -0.1) is 0 Å². The second-order valence-electron chi connectivity index (χ2n) is 3.86. The van der Waals surface area contributed by atoms with E-state index in [0.29, 0.717) is 35.6 Å². The molecule has 0 saturated carbocycles. The van der Waals surface area contributed by atoms with Gasteiger partial charge in [0.2, 0.25) is 6.79 Å². The van der Waals surface area contributed by atoms with Crippen molar-refractivity contribution in [3.63, 3.8) is 0 Å². The number of fused-ring (bicyclic) bond motifs is 1. The summed E-state index contributed by atoms with van der Waals surface area (Å²) in [5.41, 5.74) is 1.03. The molecular formula is C12H11ClO5. The molecule has 0 aliphatic carbocycles. The molecule has 1 aliphatic heterocycles. The van der Waals surface area contributed by atoms with Crippen molar-refractivity contribution >= 4 is 23.9 Å². The first-order valence-corrected chi connectivity index (χ1v) is 5.79. The van der Waals surface area contributed by atoms with E-state index in [9.17, 15) is 9.59 Å². The molecule has 0 atom stereocenters. The lowest BCUT2D eigenvalue weighted by atomic mass is 10.0. The monoisotopic (exact) mass is 270 g/mol. The Labute approximate surface area is 108 Å². The van der Waals surface area contributed by atoms with Gasteiger partial charge in [-0.25, -0.2) is 0 Å². The maximum atomic E-state index is 10.9. The summed E-state index contributed by atoms with van der Waals surface area (Å²) in [5.74, 6) is -0.00543. The maximum Gasteiger partial charge on any atom is 0.303 e. The number of carbonyl (C=O) groups excluding carboxylic acids is 1. The number of carboxylic acids is 1. The molecular weight excluding hydrogens is 260 g/mol. The molecule has 0 unspecified atom stereocenters. The summed E-state index contributed by atoms with van der Waals surface area (Å²) < 4.78 is 10.5. The van der Waals surface area contributed by atoms with Crippen molar-refractivity contribution in [1.82, 2.24) is 0 Å². The molecule has 5 nitrogen and oxygen atoms in total. The zero-order chi connectivity index (χ0) is 13.1. The largest absolute Gasteiger partial charge is 0.481 e. The zero-order valence-corrected chi connectivity index (χ0v) is 10.2. The number of halogens is 1. The summed E-state index contributed by atoms with van der Waals surface area (Å²) in [6.45, 7) is 0.0441. The molecule has 6 heteroatoms. The van der Waals surface area contributed by atoms with Crippen LogP contribution in [0, 0.1) is 0 Å². The van der Waals surface area contributed by atoms with Crippen LogP contribution in [0.1, 0.15) is 28.8 Å². The average molecular weight is 271 g/mol. The van der Waals surface area contributed by atoms with Gasteiger partial charge in [0.25, 0.3) is 0 Å². The molecule has 0 bridgehead atoms. The summed E-state index contributed by atoms with van der Waals surface area (Å²) in [6.07, 6.45) is 1.68. The molecule has 0 aromatic heterocycles. The topological polar surface area (TPSA) is 72.8 Å². The molecule has 18 heavy (non-hydrogen) atoms. The summed E-state index contributed by atoms with van der Waals surface area (Å²) in [5, 5.41) is 8.88. The standard InChI is InChI=1S/C12H11ClO5/c13-9-4-7(2-1-3-10(15)16)11-12(8(9)5-14)18-6-17-11/h4-5H,1-3,6H2,(H,15,16). The van der Waals surface area contributed by atoms with E-state index < -0.39 is 5.97 Å². The van der Waals surface area contributed by atoms with Crippen molar-refractivity contribution in [2.45, 2.75) is 19.3 Å². The van der Waals surface area contributed by atoms with E-state index in [0.717, 1.165) is 5.56 Å².